The van der Waals surface area contributed by atoms with E-state index in [1.54, 1.807) is 24.3 Å². The van der Waals surface area contributed by atoms with Crippen molar-refractivity contribution in [1.82, 2.24) is 10.2 Å². The van der Waals surface area contributed by atoms with Crippen molar-refractivity contribution >= 4 is 23.4 Å². The van der Waals surface area contributed by atoms with Gasteiger partial charge in [0.15, 0.2) is 0 Å². The number of amides is 2. The lowest BCUT2D eigenvalue weighted by Crippen LogP contribution is -2.40. The second-order valence-corrected chi connectivity index (χ2v) is 8.24. The number of benzene rings is 2. The molecular weight excluding hydrogens is 502 g/mol. The Morgan fingerprint density at radius 1 is 1.00 bits per heavy atom. The van der Waals surface area contributed by atoms with E-state index in [2.05, 4.69) is 5.32 Å². The fourth-order valence-electron chi connectivity index (χ4n) is 3.35. The third-order valence-corrected chi connectivity index (χ3v) is 5.48. The smallest absolute Gasteiger partial charge is 0.395 e. The summed E-state index contributed by atoms with van der Waals surface area (Å²) in [5.74, 6) is -1.49. The number of likely N-dealkylation sites (N-methyl/N-ethyl adjacent to an activating group) is 1. The van der Waals surface area contributed by atoms with E-state index in [-0.39, 0.29) is 38.5 Å². The number of aliphatic hydroxyl groups is 1. The molecule has 0 aliphatic carbocycles. The van der Waals surface area contributed by atoms with Gasteiger partial charge in [0.25, 0.3) is 5.91 Å². The molecule has 0 fully saturated rings. The van der Waals surface area contributed by atoms with Gasteiger partial charge in [0, 0.05) is 36.6 Å². The first kappa shape index (κ1) is 28.4. The molecule has 2 amide bonds. The number of hydrogen-bond acceptors (Lipinski definition) is 3. The molecule has 35 heavy (non-hydrogen) atoms. The summed E-state index contributed by atoms with van der Waals surface area (Å²) in [5.41, 5.74) is -3.28. The van der Waals surface area contributed by atoms with Crippen LogP contribution >= 0.6 is 11.6 Å². The van der Waals surface area contributed by atoms with Crippen molar-refractivity contribution in [1.29, 1.82) is 0 Å². The van der Waals surface area contributed by atoms with Crippen LogP contribution in [0.1, 0.15) is 39.9 Å². The van der Waals surface area contributed by atoms with E-state index in [4.69, 9.17) is 16.7 Å². The van der Waals surface area contributed by atoms with Gasteiger partial charge in [-0.3, -0.25) is 9.59 Å². The van der Waals surface area contributed by atoms with Crippen LogP contribution < -0.4 is 5.32 Å². The Kier molecular flexibility index (Phi) is 9.56. The molecule has 2 rings (SSSR count). The lowest BCUT2D eigenvalue weighted by molar-refractivity contribution is -0.143. The Morgan fingerprint density at radius 3 is 2.03 bits per heavy atom. The average Bonchev–Trinajstić information content (AvgIpc) is 2.79. The summed E-state index contributed by atoms with van der Waals surface area (Å²) in [7, 11) is 1.25. The van der Waals surface area contributed by atoms with E-state index in [9.17, 15) is 35.9 Å². The summed E-state index contributed by atoms with van der Waals surface area (Å²) < 4.78 is 79.4. The Balaban J connectivity index is 2.37. The summed E-state index contributed by atoms with van der Waals surface area (Å²) in [5, 5.41) is 11.7. The predicted octanol–water partition coefficient (Wildman–Crippen LogP) is 4.95. The van der Waals surface area contributed by atoms with Gasteiger partial charge in [-0.05, 0) is 48.7 Å². The van der Waals surface area contributed by atoms with E-state index < -0.39 is 46.9 Å². The molecule has 0 heterocycles. The number of nitrogens with zero attached hydrogens (tertiary/aromatic N) is 1. The monoisotopic (exact) mass is 524 g/mol. The molecular formula is C23H23ClF6N2O3. The van der Waals surface area contributed by atoms with Gasteiger partial charge in [-0.2, -0.15) is 26.3 Å². The van der Waals surface area contributed by atoms with Crippen LogP contribution in [0.15, 0.2) is 42.5 Å². The van der Waals surface area contributed by atoms with Gasteiger partial charge in [0.1, 0.15) is 0 Å². The minimum Gasteiger partial charge on any atom is -0.395 e. The van der Waals surface area contributed by atoms with Crippen LogP contribution in [0, 0.1) is 0 Å². The van der Waals surface area contributed by atoms with Gasteiger partial charge in [0.2, 0.25) is 5.91 Å². The zero-order valence-corrected chi connectivity index (χ0v) is 19.3. The van der Waals surface area contributed by atoms with Gasteiger partial charge < -0.3 is 15.3 Å². The third kappa shape index (κ3) is 8.43. The van der Waals surface area contributed by atoms with Crippen LogP contribution in [0.3, 0.4) is 0 Å². The van der Waals surface area contributed by atoms with Crippen LogP contribution in [0.4, 0.5) is 26.3 Å². The highest BCUT2D eigenvalue weighted by Gasteiger charge is 2.38. The molecule has 12 heteroatoms. The van der Waals surface area contributed by atoms with E-state index in [1.165, 1.54) is 7.05 Å². The third-order valence-electron chi connectivity index (χ3n) is 5.23. The summed E-state index contributed by atoms with van der Waals surface area (Å²) in [4.78, 5) is 26.1. The lowest BCUT2D eigenvalue weighted by Gasteiger charge is -2.29. The highest BCUT2D eigenvalue weighted by atomic mass is 35.5. The molecule has 0 aliphatic rings. The van der Waals surface area contributed by atoms with Crippen molar-refractivity contribution in [3.05, 3.63) is 69.7 Å². The molecule has 5 nitrogen and oxygen atoms in total. The molecule has 2 aromatic rings. The van der Waals surface area contributed by atoms with Gasteiger partial charge in [-0.1, -0.05) is 23.7 Å². The number of nitrogens with one attached hydrogen (secondary N) is 1. The summed E-state index contributed by atoms with van der Waals surface area (Å²) in [6.07, 6.45) is -10.1. The summed E-state index contributed by atoms with van der Waals surface area (Å²) >= 11 is 5.87. The minimum atomic E-state index is -5.09. The van der Waals surface area contributed by atoms with Crippen LogP contribution in [0.5, 0.6) is 0 Å². The number of aliphatic hydroxyl groups excluding tert-OH is 1. The zero-order valence-electron chi connectivity index (χ0n) is 18.5. The van der Waals surface area contributed by atoms with Crippen molar-refractivity contribution < 1.29 is 41.0 Å². The first-order valence-corrected chi connectivity index (χ1v) is 10.8. The molecule has 1 atom stereocenters. The predicted molar refractivity (Wildman–Crippen MR) is 117 cm³/mol. The highest BCUT2D eigenvalue weighted by molar-refractivity contribution is 6.30. The molecule has 2 aromatic carbocycles. The molecule has 0 aliphatic heterocycles. The van der Waals surface area contributed by atoms with Crippen molar-refractivity contribution in [3.63, 3.8) is 0 Å². The Hall–Kier alpha value is -2.79. The molecule has 2 N–H and O–H groups in total. The maximum Gasteiger partial charge on any atom is 0.416 e. The van der Waals surface area contributed by atoms with E-state index in [0.29, 0.717) is 22.7 Å². The molecule has 1 unspecified atom stereocenters. The van der Waals surface area contributed by atoms with Crippen molar-refractivity contribution in [2.75, 3.05) is 20.2 Å². The standard InChI is InChI=1S/C23H23ClF6N2O3/c1-32(21(35)15-11-16(22(25,26)27)13-17(12-15)23(28,29)30)19(6-7-20(34)31-8-9-33)10-14-2-4-18(24)5-3-14/h2-5,11-13,19,33H,6-10H2,1H3,(H,31,34). The van der Waals surface area contributed by atoms with Crippen LogP contribution in [0.25, 0.3) is 0 Å². The SMILES string of the molecule is CN(C(=O)c1cc(C(F)(F)F)cc(C(F)(F)F)c1)C(CCC(=O)NCCO)Cc1ccc(Cl)cc1. The first-order chi connectivity index (χ1) is 16.2. The first-order valence-electron chi connectivity index (χ1n) is 10.4. The molecule has 0 radical (unpaired) electrons. The number of rotatable bonds is 9. The fourth-order valence-corrected chi connectivity index (χ4v) is 3.48. The van der Waals surface area contributed by atoms with Crippen LogP contribution in [0.2, 0.25) is 5.02 Å². The summed E-state index contributed by atoms with van der Waals surface area (Å²) in [6, 6.07) is 6.46. The minimum absolute atomic E-state index is 0.0138. The number of halogens is 7. The van der Waals surface area contributed by atoms with Gasteiger partial charge in [-0.15, -0.1) is 0 Å². The number of hydrogen-bond donors (Lipinski definition) is 2. The second kappa shape index (κ2) is 11.8. The van der Waals surface area contributed by atoms with Gasteiger partial charge >= 0.3 is 12.4 Å². The van der Waals surface area contributed by atoms with Crippen molar-refractivity contribution in [2.24, 2.45) is 0 Å². The molecule has 0 saturated heterocycles. The molecule has 0 aromatic heterocycles. The Morgan fingerprint density at radius 2 is 1.54 bits per heavy atom. The zero-order chi connectivity index (χ0) is 26.4. The van der Waals surface area contributed by atoms with Crippen molar-refractivity contribution in [2.45, 2.75) is 37.7 Å². The highest BCUT2D eigenvalue weighted by Crippen LogP contribution is 2.36. The Bertz CT molecular complexity index is 993. The quantitative estimate of drug-likeness (QED) is 0.456. The molecule has 0 saturated carbocycles. The summed E-state index contributed by atoms with van der Waals surface area (Å²) in [6.45, 7) is -0.269. The molecule has 192 valence electrons. The topological polar surface area (TPSA) is 69.6 Å². The van der Waals surface area contributed by atoms with Crippen LogP contribution in [-0.2, 0) is 23.6 Å². The van der Waals surface area contributed by atoms with E-state index >= 15 is 0 Å². The fraction of sp³-hybridized carbons (Fsp3) is 0.391. The molecule has 0 spiro atoms. The second-order valence-electron chi connectivity index (χ2n) is 7.81. The van der Waals surface area contributed by atoms with E-state index in [0.717, 1.165) is 4.90 Å². The lowest BCUT2D eigenvalue weighted by atomic mass is 9.98. The van der Waals surface area contributed by atoms with Gasteiger partial charge in [-0.25, -0.2) is 0 Å². The average molecular weight is 525 g/mol. The number of carbonyl (C=O) groups excluding carboxylic acids is 2. The maximum absolute atomic E-state index is 13.2. The Labute approximate surface area is 202 Å². The van der Waals surface area contributed by atoms with Crippen LogP contribution in [-0.4, -0.2) is 48.1 Å². The van der Waals surface area contributed by atoms with Gasteiger partial charge in [0.05, 0.1) is 17.7 Å². The van der Waals surface area contributed by atoms with Crippen molar-refractivity contribution in [3.8, 4) is 0 Å². The molecule has 0 bridgehead atoms. The normalized spacial score (nSPS) is 12.8. The van der Waals surface area contributed by atoms with E-state index in [1.807, 2.05) is 0 Å². The largest absolute Gasteiger partial charge is 0.416 e. The number of carbonyl (C=O) groups is 2. The maximum atomic E-state index is 13.2. The number of alkyl halides is 6.